The number of para-hydroxylation sites is 1. The first-order valence-electron chi connectivity index (χ1n) is 7.51. The standard InChI is InChI=1S/C17H16N2O4S/c20-15-11-13(18-17-19(15)8-10-24-17)12-23-16(21)7-4-9-22-14-5-2-1-3-6-14/h1-3,5-6,8,10-11H,4,7,9,12H2. The van der Waals surface area contributed by atoms with Gasteiger partial charge in [0.15, 0.2) is 4.96 Å². The van der Waals surface area contributed by atoms with E-state index in [4.69, 9.17) is 9.47 Å². The second-order valence-corrected chi connectivity index (χ2v) is 5.94. The van der Waals surface area contributed by atoms with Crippen molar-refractivity contribution in [3.05, 3.63) is 64.0 Å². The molecule has 24 heavy (non-hydrogen) atoms. The molecule has 0 N–H and O–H groups in total. The van der Waals surface area contributed by atoms with Crippen molar-refractivity contribution in [2.75, 3.05) is 6.61 Å². The fourth-order valence-corrected chi connectivity index (χ4v) is 2.85. The first-order valence-corrected chi connectivity index (χ1v) is 8.39. The van der Waals surface area contributed by atoms with Crippen molar-refractivity contribution in [2.24, 2.45) is 0 Å². The number of ether oxygens (including phenoxy) is 2. The van der Waals surface area contributed by atoms with Crippen LogP contribution >= 0.6 is 11.3 Å². The minimum absolute atomic E-state index is 0.00200. The molecular formula is C17H16N2O4S. The van der Waals surface area contributed by atoms with Crippen molar-refractivity contribution in [1.82, 2.24) is 9.38 Å². The summed E-state index contributed by atoms with van der Waals surface area (Å²) in [4.78, 5) is 28.4. The van der Waals surface area contributed by atoms with Gasteiger partial charge < -0.3 is 9.47 Å². The summed E-state index contributed by atoms with van der Waals surface area (Å²) in [5.41, 5.74) is 0.278. The van der Waals surface area contributed by atoms with Gasteiger partial charge in [-0.1, -0.05) is 18.2 Å². The lowest BCUT2D eigenvalue weighted by Gasteiger charge is -2.06. The van der Waals surface area contributed by atoms with Crippen molar-refractivity contribution in [1.29, 1.82) is 0 Å². The third-order valence-corrected chi connectivity index (χ3v) is 4.03. The molecule has 0 aliphatic heterocycles. The highest BCUT2D eigenvalue weighted by molar-refractivity contribution is 7.15. The van der Waals surface area contributed by atoms with Gasteiger partial charge in [0, 0.05) is 24.1 Å². The first kappa shape index (κ1) is 16.2. The van der Waals surface area contributed by atoms with Gasteiger partial charge in [-0.25, -0.2) is 4.98 Å². The Labute approximate surface area is 142 Å². The molecule has 0 spiro atoms. The van der Waals surface area contributed by atoms with Gasteiger partial charge in [0.2, 0.25) is 0 Å². The summed E-state index contributed by atoms with van der Waals surface area (Å²) in [5, 5.41) is 1.78. The molecule has 7 heteroatoms. The predicted octanol–water partition coefficient (Wildman–Crippen LogP) is 2.66. The SMILES string of the molecule is O=C(CCCOc1ccccc1)OCc1cc(=O)n2ccsc2n1. The van der Waals surface area contributed by atoms with Crippen LogP contribution in [0, 0.1) is 0 Å². The number of rotatable bonds is 7. The number of hydrogen-bond acceptors (Lipinski definition) is 6. The molecule has 3 aromatic rings. The van der Waals surface area contributed by atoms with E-state index in [1.165, 1.54) is 21.8 Å². The highest BCUT2D eigenvalue weighted by Gasteiger charge is 2.07. The Hall–Kier alpha value is -2.67. The Bertz CT molecular complexity index is 873. The zero-order valence-electron chi connectivity index (χ0n) is 12.9. The van der Waals surface area contributed by atoms with Crippen LogP contribution in [-0.2, 0) is 16.1 Å². The van der Waals surface area contributed by atoms with Gasteiger partial charge in [0.25, 0.3) is 5.56 Å². The molecule has 2 heterocycles. The van der Waals surface area contributed by atoms with Crippen LogP contribution < -0.4 is 10.3 Å². The number of fused-ring (bicyclic) bond motifs is 1. The van der Waals surface area contributed by atoms with Crippen LogP contribution in [0.2, 0.25) is 0 Å². The largest absolute Gasteiger partial charge is 0.494 e. The second-order valence-electron chi connectivity index (χ2n) is 5.07. The van der Waals surface area contributed by atoms with E-state index in [2.05, 4.69) is 4.98 Å². The third-order valence-electron chi connectivity index (χ3n) is 3.27. The molecule has 0 unspecified atom stereocenters. The maximum atomic E-state index is 11.8. The molecule has 0 atom stereocenters. The number of thiazole rings is 1. The van der Waals surface area contributed by atoms with Crippen LogP contribution in [0.1, 0.15) is 18.5 Å². The molecule has 0 fully saturated rings. The summed E-state index contributed by atoms with van der Waals surface area (Å²) in [6, 6.07) is 10.8. The average molecular weight is 344 g/mol. The molecule has 1 aromatic carbocycles. The van der Waals surface area contributed by atoms with Gasteiger partial charge in [-0.3, -0.25) is 14.0 Å². The van der Waals surface area contributed by atoms with E-state index < -0.39 is 0 Å². The molecule has 3 rings (SSSR count). The van der Waals surface area contributed by atoms with Crippen molar-refractivity contribution >= 4 is 22.3 Å². The quantitative estimate of drug-likeness (QED) is 0.487. The van der Waals surface area contributed by atoms with Crippen LogP contribution in [0.5, 0.6) is 5.75 Å². The fraction of sp³-hybridized carbons (Fsp3) is 0.235. The maximum Gasteiger partial charge on any atom is 0.306 e. The van der Waals surface area contributed by atoms with Gasteiger partial charge in [-0.2, -0.15) is 0 Å². The highest BCUT2D eigenvalue weighted by atomic mass is 32.1. The summed E-state index contributed by atoms with van der Waals surface area (Å²) >= 11 is 1.36. The van der Waals surface area contributed by atoms with E-state index in [0.717, 1.165) is 5.75 Å². The predicted molar refractivity (Wildman–Crippen MR) is 90.3 cm³/mol. The first-order chi connectivity index (χ1) is 11.7. The molecule has 6 nitrogen and oxygen atoms in total. The van der Waals surface area contributed by atoms with Crippen molar-refractivity contribution < 1.29 is 14.3 Å². The Morgan fingerprint density at radius 3 is 2.92 bits per heavy atom. The summed E-state index contributed by atoms with van der Waals surface area (Å²) in [6.07, 6.45) is 2.48. The van der Waals surface area contributed by atoms with E-state index in [1.54, 1.807) is 11.6 Å². The van der Waals surface area contributed by atoms with Gasteiger partial charge in [-0.05, 0) is 18.6 Å². The van der Waals surface area contributed by atoms with Crippen LogP contribution in [0.15, 0.2) is 52.8 Å². The lowest BCUT2D eigenvalue weighted by atomic mass is 10.3. The number of nitrogens with zero attached hydrogens (tertiary/aromatic N) is 2. The van der Waals surface area contributed by atoms with E-state index in [9.17, 15) is 9.59 Å². The zero-order chi connectivity index (χ0) is 16.8. The molecule has 124 valence electrons. The Morgan fingerprint density at radius 2 is 2.08 bits per heavy atom. The van der Waals surface area contributed by atoms with Gasteiger partial charge in [-0.15, -0.1) is 11.3 Å². The molecule has 0 bridgehead atoms. The minimum atomic E-state index is -0.333. The van der Waals surface area contributed by atoms with Crippen molar-refractivity contribution in [3.8, 4) is 5.75 Å². The van der Waals surface area contributed by atoms with Crippen LogP contribution in [0.4, 0.5) is 0 Å². The molecule has 0 amide bonds. The van der Waals surface area contributed by atoms with E-state index >= 15 is 0 Å². The van der Waals surface area contributed by atoms with Crippen molar-refractivity contribution in [3.63, 3.8) is 0 Å². The van der Waals surface area contributed by atoms with Crippen LogP contribution in [0.3, 0.4) is 0 Å². The molecule has 2 aromatic heterocycles. The number of carbonyl (C=O) groups is 1. The fourth-order valence-electron chi connectivity index (χ4n) is 2.11. The molecule has 0 aliphatic carbocycles. The monoisotopic (exact) mass is 344 g/mol. The van der Waals surface area contributed by atoms with E-state index in [0.29, 0.717) is 23.7 Å². The van der Waals surface area contributed by atoms with Crippen molar-refractivity contribution in [2.45, 2.75) is 19.4 Å². The zero-order valence-corrected chi connectivity index (χ0v) is 13.7. The smallest absolute Gasteiger partial charge is 0.306 e. The Kier molecular flexibility index (Phi) is 5.22. The number of benzene rings is 1. The summed E-state index contributed by atoms with van der Waals surface area (Å²) in [7, 11) is 0. The van der Waals surface area contributed by atoms with Gasteiger partial charge >= 0.3 is 5.97 Å². The number of hydrogen-bond donors (Lipinski definition) is 0. The topological polar surface area (TPSA) is 69.9 Å². The average Bonchev–Trinajstić information content (AvgIpc) is 3.07. The highest BCUT2D eigenvalue weighted by Crippen LogP contribution is 2.10. The Morgan fingerprint density at radius 1 is 1.25 bits per heavy atom. The van der Waals surface area contributed by atoms with Gasteiger partial charge in [0.1, 0.15) is 12.4 Å². The second kappa shape index (κ2) is 7.74. The summed E-state index contributed by atoms with van der Waals surface area (Å²) < 4.78 is 12.1. The molecule has 0 saturated carbocycles. The molecule has 0 radical (unpaired) electrons. The third kappa shape index (κ3) is 4.20. The molecule has 0 aliphatic rings. The van der Waals surface area contributed by atoms with Crippen LogP contribution in [-0.4, -0.2) is 22.0 Å². The molecular weight excluding hydrogens is 328 g/mol. The Balaban J connectivity index is 1.42. The minimum Gasteiger partial charge on any atom is -0.494 e. The number of carbonyl (C=O) groups excluding carboxylic acids is 1. The normalized spacial score (nSPS) is 10.7. The lowest BCUT2D eigenvalue weighted by Crippen LogP contribution is -2.14. The van der Waals surface area contributed by atoms with E-state index in [1.807, 2.05) is 30.3 Å². The number of esters is 1. The van der Waals surface area contributed by atoms with Crippen LogP contribution in [0.25, 0.3) is 4.96 Å². The summed E-state index contributed by atoms with van der Waals surface area (Å²) in [6.45, 7) is 0.446. The van der Waals surface area contributed by atoms with Gasteiger partial charge in [0.05, 0.1) is 12.3 Å². The maximum absolute atomic E-state index is 11.8. The van der Waals surface area contributed by atoms with E-state index in [-0.39, 0.29) is 24.6 Å². The lowest BCUT2D eigenvalue weighted by molar-refractivity contribution is -0.145. The molecule has 0 saturated heterocycles. The number of aromatic nitrogens is 2. The summed E-state index contributed by atoms with van der Waals surface area (Å²) in [5.74, 6) is 0.444.